The molecule has 1 amide bonds. The summed E-state index contributed by atoms with van der Waals surface area (Å²) in [5, 5.41) is 33.8. The summed E-state index contributed by atoms with van der Waals surface area (Å²) in [7, 11) is 0. The lowest BCUT2D eigenvalue weighted by atomic mass is 10.0. The van der Waals surface area contributed by atoms with Crippen LogP contribution in [0.3, 0.4) is 0 Å². The van der Waals surface area contributed by atoms with Crippen LogP contribution in [0.5, 0.6) is 5.88 Å². The Hall–Kier alpha value is -3.63. The van der Waals surface area contributed by atoms with Crippen molar-refractivity contribution in [2.24, 2.45) is 11.7 Å². The first-order valence-corrected chi connectivity index (χ1v) is 12.9. The van der Waals surface area contributed by atoms with Gasteiger partial charge in [0.1, 0.15) is 35.7 Å². The van der Waals surface area contributed by atoms with E-state index in [1.54, 1.807) is 13.8 Å². The van der Waals surface area contributed by atoms with Gasteiger partial charge >= 0.3 is 10.8 Å². The Bertz CT molecular complexity index is 1400. The Morgan fingerprint density at radius 2 is 1.90 bits per heavy atom. The molecule has 1 aliphatic heterocycles. The summed E-state index contributed by atoms with van der Waals surface area (Å²) in [5.74, 6) is -2.50. The van der Waals surface area contributed by atoms with Crippen LogP contribution in [0.25, 0.3) is 10.3 Å². The molecule has 1 aromatic carbocycles. The van der Waals surface area contributed by atoms with Crippen LogP contribution in [0.4, 0.5) is 5.95 Å². The number of amides is 1. The molecular formula is C24H30N6O8S. The van der Waals surface area contributed by atoms with E-state index in [1.165, 1.54) is 0 Å². The highest BCUT2D eigenvalue weighted by atomic mass is 32.1. The van der Waals surface area contributed by atoms with Crippen molar-refractivity contribution in [2.75, 3.05) is 12.3 Å². The average Bonchev–Trinajstić information content (AvgIpc) is 3.36. The summed E-state index contributed by atoms with van der Waals surface area (Å²) >= 11 is 0.607. The van der Waals surface area contributed by atoms with Crippen molar-refractivity contribution in [2.45, 2.75) is 56.9 Å². The van der Waals surface area contributed by atoms with Crippen LogP contribution in [-0.4, -0.2) is 78.7 Å². The van der Waals surface area contributed by atoms with Crippen LogP contribution in [0.15, 0.2) is 35.1 Å². The zero-order valence-corrected chi connectivity index (χ0v) is 21.9. The summed E-state index contributed by atoms with van der Waals surface area (Å²) in [5.41, 5.74) is 12.4. The minimum absolute atomic E-state index is 0.0235. The Balaban J connectivity index is 1.41. The normalized spacial score (nSPS) is 22.6. The topological polar surface area (TPSA) is 225 Å². The molecule has 210 valence electrons. The molecule has 0 aliphatic carbocycles. The second kappa shape index (κ2) is 11.6. The van der Waals surface area contributed by atoms with Crippen molar-refractivity contribution in [3.8, 4) is 5.88 Å². The van der Waals surface area contributed by atoms with Crippen molar-refractivity contribution >= 4 is 39.5 Å². The first-order chi connectivity index (χ1) is 18.5. The maximum atomic E-state index is 12.9. The number of nitrogens with zero attached hydrogens (tertiary/aromatic N) is 3. The van der Waals surface area contributed by atoms with Gasteiger partial charge in [-0.2, -0.15) is 9.97 Å². The molecule has 0 bridgehead atoms. The van der Waals surface area contributed by atoms with Crippen molar-refractivity contribution in [1.29, 1.82) is 0 Å². The molecule has 6 atom stereocenters. The van der Waals surface area contributed by atoms with Crippen LogP contribution < -0.4 is 21.7 Å². The molecule has 0 unspecified atom stereocenters. The van der Waals surface area contributed by atoms with Crippen LogP contribution >= 0.6 is 11.3 Å². The average molecular weight is 563 g/mol. The van der Waals surface area contributed by atoms with Crippen molar-refractivity contribution < 1.29 is 34.4 Å². The van der Waals surface area contributed by atoms with Gasteiger partial charge in [-0.25, -0.2) is 4.79 Å². The molecule has 1 saturated heterocycles. The number of nitrogens with two attached hydrogens (primary N) is 2. The largest absolute Gasteiger partial charge is 0.492 e. The molecule has 0 spiro atoms. The van der Waals surface area contributed by atoms with Gasteiger partial charge in [0, 0.05) is 0 Å². The monoisotopic (exact) mass is 562 g/mol. The maximum Gasteiger partial charge on any atom is 0.328 e. The lowest BCUT2D eigenvalue weighted by molar-refractivity contribution is -0.155. The first kappa shape index (κ1) is 28.4. The molecule has 8 N–H and O–H groups in total. The molecule has 2 aromatic heterocycles. The number of esters is 1. The number of carbonyl (C=O) groups is 2. The van der Waals surface area contributed by atoms with Gasteiger partial charge < -0.3 is 41.6 Å². The molecule has 0 saturated carbocycles. The Kier molecular flexibility index (Phi) is 8.46. The Morgan fingerprint density at radius 1 is 1.21 bits per heavy atom. The number of nitrogen functional groups attached to an aromatic ring is 1. The quantitative estimate of drug-likeness (QED) is 0.173. The number of aromatic nitrogens is 3. The van der Waals surface area contributed by atoms with Crippen LogP contribution in [0.1, 0.15) is 25.6 Å². The van der Waals surface area contributed by atoms with Crippen LogP contribution in [-0.2, 0) is 25.5 Å². The molecule has 15 heteroatoms. The fraction of sp³-hybridized carbons (Fsp3) is 0.458. The first-order valence-electron chi connectivity index (χ1n) is 12.1. The number of anilines is 1. The number of fused-ring (bicyclic) bond motifs is 1. The molecule has 0 radical (unpaired) electrons. The highest BCUT2D eigenvalue weighted by Crippen LogP contribution is 2.34. The van der Waals surface area contributed by atoms with Crippen molar-refractivity contribution in [1.82, 2.24) is 19.9 Å². The standard InChI is InChI=1S/C24H30N6O8S/c1-10(2)14(27-19(33)12(25)8-11-6-4-3-5-7-11)22(35)37-9-13-15(31)16(32)21(38-13)30-18-17(39-24(30)36)20(34)29-23(26)28-18/h3-7,10,12-16,21,31-32H,8-9,25H2,1-2H3,(H,27,33)(H3,26,28,29,34)/t12-,13+,14-,15+,16+,21+/m0/s1. The summed E-state index contributed by atoms with van der Waals surface area (Å²) in [4.78, 5) is 45.0. The zero-order valence-electron chi connectivity index (χ0n) is 21.1. The van der Waals surface area contributed by atoms with E-state index in [1.807, 2.05) is 30.3 Å². The van der Waals surface area contributed by atoms with E-state index in [0.29, 0.717) is 11.3 Å². The number of aromatic hydroxyl groups is 1. The number of rotatable bonds is 9. The molecule has 3 heterocycles. The van der Waals surface area contributed by atoms with Crippen LogP contribution in [0.2, 0.25) is 0 Å². The minimum Gasteiger partial charge on any atom is -0.492 e. The van der Waals surface area contributed by atoms with E-state index < -0.39 is 65.9 Å². The van der Waals surface area contributed by atoms with E-state index in [2.05, 4.69) is 15.3 Å². The van der Waals surface area contributed by atoms with E-state index in [-0.39, 0.29) is 28.6 Å². The second-order valence-corrected chi connectivity index (χ2v) is 10.5. The molecule has 1 aliphatic rings. The number of hydrogen-bond acceptors (Lipinski definition) is 13. The van der Waals surface area contributed by atoms with E-state index >= 15 is 0 Å². The van der Waals surface area contributed by atoms with E-state index in [4.69, 9.17) is 20.9 Å². The lowest BCUT2D eigenvalue weighted by Crippen LogP contribution is -2.52. The van der Waals surface area contributed by atoms with Crippen molar-refractivity contribution in [3.63, 3.8) is 0 Å². The van der Waals surface area contributed by atoms with Gasteiger partial charge in [-0.15, -0.1) is 0 Å². The van der Waals surface area contributed by atoms with E-state index in [9.17, 15) is 29.7 Å². The number of carbonyl (C=O) groups excluding carboxylic acids is 2. The highest BCUT2D eigenvalue weighted by molar-refractivity contribution is 7.16. The van der Waals surface area contributed by atoms with Crippen molar-refractivity contribution in [3.05, 3.63) is 45.6 Å². The Morgan fingerprint density at radius 3 is 2.56 bits per heavy atom. The molecule has 39 heavy (non-hydrogen) atoms. The van der Waals surface area contributed by atoms with Gasteiger partial charge in [0.15, 0.2) is 11.9 Å². The molecule has 4 rings (SSSR count). The van der Waals surface area contributed by atoms with Gasteiger partial charge in [-0.05, 0) is 17.9 Å². The number of thiazole rings is 1. The van der Waals surface area contributed by atoms with Crippen LogP contribution in [0, 0.1) is 5.92 Å². The predicted molar refractivity (Wildman–Crippen MR) is 140 cm³/mol. The smallest absolute Gasteiger partial charge is 0.328 e. The summed E-state index contributed by atoms with van der Waals surface area (Å²) in [6, 6.07) is 7.26. The second-order valence-electron chi connectivity index (χ2n) is 9.50. The minimum atomic E-state index is -1.60. The number of nitrogens with one attached hydrogen (secondary N) is 1. The summed E-state index contributed by atoms with van der Waals surface area (Å²) in [6.07, 6.45) is -5.48. The molecule has 3 aromatic rings. The molecular weight excluding hydrogens is 532 g/mol. The van der Waals surface area contributed by atoms with Gasteiger partial charge in [-0.1, -0.05) is 55.5 Å². The summed E-state index contributed by atoms with van der Waals surface area (Å²) < 4.78 is 12.0. The summed E-state index contributed by atoms with van der Waals surface area (Å²) in [6.45, 7) is 2.95. The third kappa shape index (κ3) is 6.02. The third-order valence-electron chi connectivity index (χ3n) is 6.30. The van der Waals surface area contributed by atoms with Gasteiger partial charge in [0.25, 0.3) is 0 Å². The number of ether oxygens (including phenoxy) is 2. The number of aliphatic hydroxyl groups is 2. The SMILES string of the molecule is CC(C)[C@H](NC(=O)[C@@H](N)Cc1ccccc1)C(=O)OC[C@H]1O[C@@H](n2c(=O)sc3c(O)nc(N)nc32)[C@H](O)[C@@H]1O. The number of hydrogen-bond donors (Lipinski definition) is 6. The predicted octanol–water partition coefficient (Wildman–Crippen LogP) is -0.986. The maximum absolute atomic E-state index is 12.9. The van der Waals surface area contributed by atoms with Gasteiger partial charge in [0.2, 0.25) is 17.7 Å². The molecule has 14 nitrogen and oxygen atoms in total. The van der Waals surface area contributed by atoms with Gasteiger partial charge in [0.05, 0.1) is 6.04 Å². The Labute approximate surface area is 226 Å². The highest BCUT2D eigenvalue weighted by Gasteiger charge is 2.46. The molecule has 1 fully saturated rings. The van der Waals surface area contributed by atoms with E-state index in [0.717, 1.165) is 10.1 Å². The zero-order chi connectivity index (χ0) is 28.4. The van der Waals surface area contributed by atoms with Gasteiger partial charge in [-0.3, -0.25) is 14.2 Å². The number of aliphatic hydroxyl groups excluding tert-OH is 2. The fourth-order valence-electron chi connectivity index (χ4n) is 4.20. The fourth-order valence-corrected chi connectivity index (χ4v) is 5.03. The number of benzene rings is 1. The third-order valence-corrected chi connectivity index (χ3v) is 7.24. The lowest BCUT2D eigenvalue weighted by Gasteiger charge is -2.24.